The minimum Gasteiger partial charge on any atom is -0.476 e. The number of carboxylic acid groups (broad SMARTS) is 1. The minimum atomic E-state index is -1.12. The summed E-state index contributed by atoms with van der Waals surface area (Å²) in [5, 5.41) is 15.3. The number of hydrogen-bond acceptors (Lipinski definition) is 4. The lowest BCUT2D eigenvalue weighted by Gasteiger charge is -2.04. The van der Waals surface area contributed by atoms with E-state index in [1.165, 1.54) is 5.38 Å². The molecule has 0 fully saturated rings. The van der Waals surface area contributed by atoms with Crippen LogP contribution in [0.2, 0.25) is 0 Å². The highest BCUT2D eigenvalue weighted by Gasteiger charge is 2.10. The number of nitrogens with zero attached hydrogens (tertiary/aromatic N) is 1. The molecule has 0 bridgehead atoms. The zero-order valence-electron chi connectivity index (χ0n) is 9.08. The summed E-state index contributed by atoms with van der Waals surface area (Å²) in [6, 6.07) is 8.44. The van der Waals surface area contributed by atoms with Gasteiger partial charge in [-0.3, -0.25) is 5.32 Å². The van der Waals surface area contributed by atoms with Crippen molar-refractivity contribution in [2.45, 2.75) is 0 Å². The van der Waals surface area contributed by atoms with Crippen molar-refractivity contribution < 1.29 is 14.7 Å². The molecule has 18 heavy (non-hydrogen) atoms. The van der Waals surface area contributed by atoms with Crippen molar-refractivity contribution in [1.29, 1.82) is 0 Å². The molecule has 6 nitrogen and oxygen atoms in total. The number of amides is 2. The van der Waals surface area contributed by atoms with Crippen LogP contribution >= 0.6 is 11.3 Å². The third kappa shape index (κ3) is 3.05. The third-order valence-corrected chi connectivity index (χ3v) is 2.73. The fraction of sp³-hybridized carbons (Fsp3) is 0. The van der Waals surface area contributed by atoms with Gasteiger partial charge < -0.3 is 10.4 Å². The smallest absolute Gasteiger partial charge is 0.355 e. The molecule has 2 rings (SSSR count). The quantitative estimate of drug-likeness (QED) is 0.793. The number of nitrogens with one attached hydrogen (secondary N) is 2. The van der Waals surface area contributed by atoms with Gasteiger partial charge in [0.2, 0.25) is 0 Å². The monoisotopic (exact) mass is 263 g/mol. The summed E-state index contributed by atoms with van der Waals surface area (Å²) in [5.74, 6) is -1.12. The van der Waals surface area contributed by atoms with E-state index in [4.69, 9.17) is 5.11 Å². The van der Waals surface area contributed by atoms with Gasteiger partial charge in [-0.1, -0.05) is 18.2 Å². The molecule has 0 aliphatic heterocycles. The predicted octanol–water partition coefficient (Wildman–Crippen LogP) is 2.49. The maximum atomic E-state index is 11.6. The molecule has 3 N–H and O–H groups in total. The van der Waals surface area contributed by atoms with Gasteiger partial charge in [-0.25, -0.2) is 14.6 Å². The molecule has 0 aliphatic rings. The summed E-state index contributed by atoms with van der Waals surface area (Å²) in [4.78, 5) is 25.9. The van der Waals surface area contributed by atoms with Crippen molar-refractivity contribution in [3.8, 4) is 0 Å². The first-order valence-corrected chi connectivity index (χ1v) is 5.85. The van der Waals surface area contributed by atoms with Crippen molar-refractivity contribution in [3.05, 3.63) is 41.4 Å². The highest BCUT2D eigenvalue weighted by atomic mass is 32.1. The molecular formula is C11H9N3O3S. The van der Waals surface area contributed by atoms with Crippen molar-refractivity contribution in [2.75, 3.05) is 10.6 Å². The van der Waals surface area contributed by atoms with Crippen LogP contribution in [0, 0.1) is 0 Å². The molecule has 2 amide bonds. The number of para-hydroxylation sites is 1. The lowest BCUT2D eigenvalue weighted by atomic mass is 10.3. The normalized spacial score (nSPS) is 9.78. The molecule has 0 radical (unpaired) electrons. The Morgan fingerprint density at radius 2 is 1.89 bits per heavy atom. The second-order valence-electron chi connectivity index (χ2n) is 3.29. The Kier molecular flexibility index (Phi) is 3.54. The Labute approximate surface area is 106 Å². The number of thiazole rings is 1. The predicted molar refractivity (Wildman–Crippen MR) is 68.2 cm³/mol. The van der Waals surface area contributed by atoms with Crippen LogP contribution in [0.3, 0.4) is 0 Å². The molecule has 2 aromatic rings. The second kappa shape index (κ2) is 5.28. The van der Waals surface area contributed by atoms with Gasteiger partial charge in [0.1, 0.15) is 0 Å². The first-order chi connectivity index (χ1) is 8.65. The summed E-state index contributed by atoms with van der Waals surface area (Å²) in [7, 11) is 0. The van der Waals surface area contributed by atoms with Crippen LogP contribution in [0.25, 0.3) is 0 Å². The Morgan fingerprint density at radius 1 is 1.17 bits per heavy atom. The molecule has 0 saturated carbocycles. The van der Waals surface area contributed by atoms with E-state index in [0.717, 1.165) is 11.3 Å². The number of carbonyl (C=O) groups excluding carboxylic acids is 1. The number of aromatic carboxylic acids is 1. The van der Waals surface area contributed by atoms with Crippen molar-refractivity contribution in [3.63, 3.8) is 0 Å². The van der Waals surface area contributed by atoms with Crippen LogP contribution in [-0.4, -0.2) is 22.1 Å². The van der Waals surface area contributed by atoms with Gasteiger partial charge in [-0.15, -0.1) is 11.3 Å². The van der Waals surface area contributed by atoms with Gasteiger partial charge in [0, 0.05) is 11.1 Å². The van der Waals surface area contributed by atoms with Gasteiger partial charge in [0.25, 0.3) is 0 Å². The molecule has 92 valence electrons. The average molecular weight is 263 g/mol. The fourth-order valence-electron chi connectivity index (χ4n) is 1.21. The van der Waals surface area contributed by atoms with Crippen LogP contribution < -0.4 is 10.6 Å². The Hall–Kier alpha value is -2.41. The Bertz CT molecular complexity index is 568. The van der Waals surface area contributed by atoms with Crippen LogP contribution in [0.4, 0.5) is 15.6 Å². The molecule has 7 heteroatoms. The minimum absolute atomic E-state index is 0.0880. The largest absolute Gasteiger partial charge is 0.476 e. The molecular weight excluding hydrogens is 254 g/mol. The fourth-order valence-corrected chi connectivity index (χ4v) is 1.89. The maximum absolute atomic E-state index is 11.6. The van der Waals surface area contributed by atoms with E-state index in [9.17, 15) is 9.59 Å². The topological polar surface area (TPSA) is 91.3 Å². The van der Waals surface area contributed by atoms with E-state index < -0.39 is 12.0 Å². The SMILES string of the molecule is O=C(Nc1ccccc1)Nc1nc(C(=O)O)cs1. The summed E-state index contributed by atoms with van der Waals surface area (Å²) in [6.45, 7) is 0. The van der Waals surface area contributed by atoms with E-state index in [1.54, 1.807) is 24.3 Å². The van der Waals surface area contributed by atoms with E-state index >= 15 is 0 Å². The number of aromatic nitrogens is 1. The lowest BCUT2D eigenvalue weighted by molar-refractivity contribution is 0.0691. The van der Waals surface area contributed by atoms with E-state index in [-0.39, 0.29) is 10.8 Å². The summed E-state index contributed by atoms with van der Waals surface area (Å²) >= 11 is 1.05. The molecule has 1 aromatic heterocycles. The lowest BCUT2D eigenvalue weighted by Crippen LogP contribution is -2.19. The molecule has 1 heterocycles. The molecule has 0 atom stereocenters. The van der Waals surface area contributed by atoms with Crippen LogP contribution in [-0.2, 0) is 0 Å². The first-order valence-electron chi connectivity index (χ1n) is 4.97. The number of urea groups is 1. The zero-order chi connectivity index (χ0) is 13.0. The van der Waals surface area contributed by atoms with Crippen LogP contribution in [0.5, 0.6) is 0 Å². The summed E-state index contributed by atoms with van der Waals surface area (Å²) in [5.41, 5.74) is 0.556. The van der Waals surface area contributed by atoms with Gasteiger partial charge in [-0.2, -0.15) is 0 Å². The average Bonchev–Trinajstić information content (AvgIpc) is 2.78. The first kappa shape index (κ1) is 12.1. The van der Waals surface area contributed by atoms with Crippen molar-refractivity contribution >= 4 is 34.2 Å². The standard InChI is InChI=1S/C11H9N3O3S/c15-9(16)8-6-18-11(13-8)14-10(17)12-7-4-2-1-3-5-7/h1-6H,(H,15,16)(H2,12,13,14,17). The second-order valence-corrected chi connectivity index (χ2v) is 4.15. The highest BCUT2D eigenvalue weighted by molar-refractivity contribution is 7.14. The number of carboxylic acids is 1. The molecule has 1 aromatic carbocycles. The number of benzene rings is 1. The number of hydrogen-bond donors (Lipinski definition) is 3. The van der Waals surface area contributed by atoms with Crippen molar-refractivity contribution in [2.24, 2.45) is 0 Å². The van der Waals surface area contributed by atoms with E-state index in [0.29, 0.717) is 5.69 Å². The number of anilines is 2. The third-order valence-electron chi connectivity index (χ3n) is 1.98. The van der Waals surface area contributed by atoms with Gasteiger partial charge in [-0.05, 0) is 12.1 Å². The number of rotatable bonds is 3. The van der Waals surface area contributed by atoms with Crippen LogP contribution in [0.1, 0.15) is 10.5 Å². The Balaban J connectivity index is 1.97. The summed E-state index contributed by atoms with van der Waals surface area (Å²) in [6.07, 6.45) is 0. The van der Waals surface area contributed by atoms with Crippen LogP contribution in [0.15, 0.2) is 35.7 Å². The van der Waals surface area contributed by atoms with Gasteiger partial charge in [0.05, 0.1) is 0 Å². The van der Waals surface area contributed by atoms with E-state index in [2.05, 4.69) is 15.6 Å². The number of carbonyl (C=O) groups is 2. The van der Waals surface area contributed by atoms with Crippen molar-refractivity contribution in [1.82, 2.24) is 4.98 Å². The molecule has 0 spiro atoms. The molecule has 0 unspecified atom stereocenters. The summed E-state index contributed by atoms with van der Waals surface area (Å²) < 4.78 is 0. The zero-order valence-corrected chi connectivity index (χ0v) is 9.90. The highest BCUT2D eigenvalue weighted by Crippen LogP contribution is 2.15. The van der Waals surface area contributed by atoms with Gasteiger partial charge >= 0.3 is 12.0 Å². The molecule has 0 aliphatic carbocycles. The Morgan fingerprint density at radius 3 is 2.50 bits per heavy atom. The maximum Gasteiger partial charge on any atom is 0.355 e. The van der Waals surface area contributed by atoms with Gasteiger partial charge in [0.15, 0.2) is 10.8 Å². The molecule has 0 saturated heterocycles. The van der Waals surface area contributed by atoms with E-state index in [1.807, 2.05) is 6.07 Å².